The molecule has 2 amide bonds. The van der Waals surface area contributed by atoms with Crippen LogP contribution in [0.4, 0.5) is 5.69 Å². The molecule has 0 aliphatic heterocycles. The van der Waals surface area contributed by atoms with Crippen LogP contribution in [0.25, 0.3) is 0 Å². The van der Waals surface area contributed by atoms with Crippen LogP contribution in [-0.4, -0.2) is 43.3 Å². The van der Waals surface area contributed by atoms with Crippen molar-refractivity contribution in [3.05, 3.63) is 87.9 Å². The third kappa shape index (κ3) is 5.70. The van der Waals surface area contributed by atoms with Crippen molar-refractivity contribution < 1.29 is 29.0 Å². The first-order valence-electron chi connectivity index (χ1n) is 9.82. The number of rotatable bonds is 8. The number of ether oxygens (including phenoxy) is 2. The maximum Gasteiger partial charge on any atom is 0.340 e. The fourth-order valence-electron chi connectivity index (χ4n) is 3.03. The number of nitrogens with zero attached hydrogens (tertiary/aromatic N) is 1. The van der Waals surface area contributed by atoms with Gasteiger partial charge in [-0.3, -0.25) is 9.59 Å². The van der Waals surface area contributed by atoms with E-state index >= 15 is 0 Å². The van der Waals surface area contributed by atoms with Gasteiger partial charge >= 0.3 is 5.97 Å². The Hall–Kier alpha value is -4.37. The van der Waals surface area contributed by atoms with Crippen LogP contribution >= 0.6 is 11.6 Å². The molecule has 0 aliphatic carbocycles. The Kier molecular flexibility index (Phi) is 7.83. The van der Waals surface area contributed by atoms with Crippen LogP contribution in [0.1, 0.15) is 36.6 Å². The van der Waals surface area contributed by atoms with Gasteiger partial charge in [0.25, 0.3) is 11.8 Å². The largest absolute Gasteiger partial charge is 0.493 e. The number of anilines is 1. The topological polar surface area (TPSA) is 126 Å². The number of hydrazone groups is 1. The number of carboxylic acids is 1. The van der Waals surface area contributed by atoms with Crippen molar-refractivity contribution in [3.63, 3.8) is 0 Å². The minimum Gasteiger partial charge on any atom is -0.493 e. The minimum absolute atomic E-state index is 0.0423. The zero-order valence-electron chi connectivity index (χ0n) is 18.2. The molecule has 3 aromatic carbocycles. The second kappa shape index (κ2) is 11.0. The molecule has 0 unspecified atom stereocenters. The van der Waals surface area contributed by atoms with Crippen molar-refractivity contribution in [2.45, 2.75) is 0 Å². The van der Waals surface area contributed by atoms with Crippen molar-refractivity contribution in [2.24, 2.45) is 5.10 Å². The normalized spacial score (nSPS) is 10.6. The molecular weight excluding hydrogens is 462 g/mol. The molecule has 3 rings (SSSR count). The van der Waals surface area contributed by atoms with Crippen molar-refractivity contribution >= 4 is 41.3 Å². The van der Waals surface area contributed by atoms with Crippen molar-refractivity contribution in [2.75, 3.05) is 19.5 Å². The minimum atomic E-state index is -1.24. The highest BCUT2D eigenvalue weighted by Crippen LogP contribution is 2.32. The summed E-state index contributed by atoms with van der Waals surface area (Å²) in [6, 6.07) is 15.7. The molecule has 3 N–H and O–H groups in total. The van der Waals surface area contributed by atoms with E-state index in [0.29, 0.717) is 16.3 Å². The molecule has 10 heteroatoms. The highest BCUT2D eigenvalue weighted by atomic mass is 35.5. The van der Waals surface area contributed by atoms with E-state index in [0.717, 1.165) is 0 Å². The molecule has 0 spiro atoms. The van der Waals surface area contributed by atoms with E-state index in [4.69, 9.17) is 21.1 Å². The molecular formula is C24H20ClN3O6. The van der Waals surface area contributed by atoms with Gasteiger partial charge in [-0.1, -0.05) is 17.7 Å². The average molecular weight is 482 g/mol. The van der Waals surface area contributed by atoms with Crippen LogP contribution in [0.5, 0.6) is 11.5 Å². The predicted octanol–water partition coefficient (Wildman–Crippen LogP) is 4.07. The Balaban J connectivity index is 1.67. The molecule has 0 aliphatic rings. The number of carbonyl (C=O) groups excluding carboxylic acids is 2. The van der Waals surface area contributed by atoms with Gasteiger partial charge in [0.15, 0.2) is 11.5 Å². The van der Waals surface area contributed by atoms with Gasteiger partial charge in [-0.25, -0.2) is 10.2 Å². The summed E-state index contributed by atoms with van der Waals surface area (Å²) in [5.74, 6) is -1.81. The summed E-state index contributed by atoms with van der Waals surface area (Å²) >= 11 is 5.90. The summed E-state index contributed by atoms with van der Waals surface area (Å²) in [6.07, 6.45) is 1.20. The number of amides is 2. The number of hydrogen-bond acceptors (Lipinski definition) is 6. The third-order valence-electron chi connectivity index (χ3n) is 4.65. The number of carboxylic acid groups (broad SMARTS) is 1. The first-order valence-corrected chi connectivity index (χ1v) is 10.2. The maximum absolute atomic E-state index is 12.4. The van der Waals surface area contributed by atoms with Crippen molar-refractivity contribution in [1.29, 1.82) is 0 Å². The lowest BCUT2D eigenvalue weighted by Gasteiger charge is -2.12. The maximum atomic E-state index is 12.4. The second-order valence-electron chi connectivity index (χ2n) is 6.81. The summed E-state index contributed by atoms with van der Waals surface area (Å²) in [4.78, 5) is 36.4. The first-order chi connectivity index (χ1) is 16.3. The second-order valence-corrected chi connectivity index (χ2v) is 7.25. The van der Waals surface area contributed by atoms with Gasteiger partial charge in [0.05, 0.1) is 20.4 Å². The van der Waals surface area contributed by atoms with Crippen LogP contribution < -0.4 is 20.2 Å². The molecule has 0 atom stereocenters. The van der Waals surface area contributed by atoms with Crippen LogP contribution in [-0.2, 0) is 0 Å². The summed E-state index contributed by atoms with van der Waals surface area (Å²) in [5, 5.41) is 16.5. The van der Waals surface area contributed by atoms with Gasteiger partial charge < -0.3 is 19.9 Å². The van der Waals surface area contributed by atoms with E-state index in [1.807, 2.05) is 0 Å². The Morgan fingerprint density at radius 2 is 1.68 bits per heavy atom. The summed E-state index contributed by atoms with van der Waals surface area (Å²) in [5.41, 5.74) is 3.57. The van der Waals surface area contributed by atoms with Crippen molar-refractivity contribution in [3.8, 4) is 11.5 Å². The van der Waals surface area contributed by atoms with E-state index in [9.17, 15) is 19.5 Å². The summed E-state index contributed by atoms with van der Waals surface area (Å²) < 4.78 is 10.3. The lowest BCUT2D eigenvalue weighted by Crippen LogP contribution is -2.18. The first kappa shape index (κ1) is 24.3. The van der Waals surface area contributed by atoms with Gasteiger partial charge in [0, 0.05) is 27.4 Å². The molecule has 9 nitrogen and oxygen atoms in total. The molecule has 0 saturated heterocycles. The van der Waals surface area contributed by atoms with Gasteiger partial charge in [-0.15, -0.1) is 0 Å². The summed E-state index contributed by atoms with van der Waals surface area (Å²) in [7, 11) is 2.72. The lowest BCUT2D eigenvalue weighted by molar-refractivity contribution is 0.0692. The molecule has 0 aromatic heterocycles. The fourth-order valence-corrected chi connectivity index (χ4v) is 3.22. The standard InChI is InChI=1S/C24H20ClN3O6/c1-33-19-11-8-16(20(24(31)32)21(19)34-2)13-26-28-23(30)14-6-9-18(10-7-14)27-22(29)15-4-3-5-17(25)12-15/h3-13H,1-2H3,(H,27,29)(H,28,30)(H,31,32). The predicted molar refractivity (Wildman–Crippen MR) is 127 cm³/mol. The molecule has 174 valence electrons. The summed E-state index contributed by atoms with van der Waals surface area (Å²) in [6.45, 7) is 0. The molecule has 0 saturated carbocycles. The number of carbonyl (C=O) groups is 3. The monoisotopic (exact) mass is 481 g/mol. The highest BCUT2D eigenvalue weighted by molar-refractivity contribution is 6.31. The zero-order chi connectivity index (χ0) is 24.7. The molecule has 0 fully saturated rings. The molecule has 0 heterocycles. The molecule has 0 radical (unpaired) electrons. The number of hydrogen-bond donors (Lipinski definition) is 3. The van der Waals surface area contributed by atoms with Gasteiger partial charge in [-0.2, -0.15) is 5.10 Å². The van der Waals surface area contributed by atoms with E-state index in [1.54, 1.807) is 36.4 Å². The van der Waals surface area contributed by atoms with Gasteiger partial charge in [0.1, 0.15) is 5.56 Å². The number of halogens is 1. The lowest BCUT2D eigenvalue weighted by atomic mass is 10.1. The fraction of sp³-hybridized carbons (Fsp3) is 0.0833. The highest BCUT2D eigenvalue weighted by Gasteiger charge is 2.20. The number of methoxy groups -OCH3 is 2. The number of nitrogens with one attached hydrogen (secondary N) is 2. The Morgan fingerprint density at radius 3 is 2.29 bits per heavy atom. The van der Waals surface area contributed by atoms with E-state index in [2.05, 4.69) is 15.8 Å². The Bertz CT molecular complexity index is 1260. The van der Waals surface area contributed by atoms with E-state index < -0.39 is 11.9 Å². The average Bonchev–Trinajstić information content (AvgIpc) is 2.83. The number of benzene rings is 3. The Labute approximate surface area is 200 Å². The van der Waals surface area contributed by atoms with Crippen molar-refractivity contribution in [1.82, 2.24) is 5.43 Å². The van der Waals surface area contributed by atoms with Crippen LogP contribution in [0.2, 0.25) is 5.02 Å². The quantitative estimate of drug-likeness (QED) is 0.329. The van der Waals surface area contributed by atoms with E-state index in [-0.39, 0.29) is 34.1 Å². The molecule has 34 heavy (non-hydrogen) atoms. The van der Waals surface area contributed by atoms with Crippen LogP contribution in [0, 0.1) is 0 Å². The molecule has 0 bridgehead atoms. The molecule has 3 aromatic rings. The van der Waals surface area contributed by atoms with E-state index in [1.165, 1.54) is 44.7 Å². The zero-order valence-corrected chi connectivity index (χ0v) is 18.9. The SMILES string of the molecule is COc1ccc(C=NNC(=O)c2ccc(NC(=O)c3cccc(Cl)c3)cc2)c(C(=O)O)c1OC. The smallest absolute Gasteiger partial charge is 0.340 e. The van der Waals surface area contributed by atoms with Crippen LogP contribution in [0.3, 0.4) is 0 Å². The van der Waals surface area contributed by atoms with Gasteiger partial charge in [0.2, 0.25) is 0 Å². The third-order valence-corrected chi connectivity index (χ3v) is 4.89. The number of aromatic carboxylic acids is 1. The van der Waals surface area contributed by atoms with Crippen LogP contribution in [0.15, 0.2) is 65.8 Å². The Morgan fingerprint density at radius 1 is 0.941 bits per heavy atom. The van der Waals surface area contributed by atoms with Gasteiger partial charge in [-0.05, 0) is 54.6 Å².